The van der Waals surface area contributed by atoms with Crippen LogP contribution in [0.15, 0.2) is 18.2 Å². The second kappa shape index (κ2) is 6.59. The topological polar surface area (TPSA) is 46.3 Å². The lowest BCUT2D eigenvalue weighted by Crippen LogP contribution is -2.43. The molecule has 1 aromatic rings. The van der Waals surface area contributed by atoms with Crippen LogP contribution in [-0.4, -0.2) is 29.9 Å². The number of carbonyl (C=O) groups excluding carboxylic acids is 1. The van der Waals surface area contributed by atoms with Crippen LogP contribution < -0.4 is 5.73 Å². The molecule has 0 unspecified atom stereocenters. The van der Waals surface area contributed by atoms with Crippen molar-refractivity contribution in [1.82, 2.24) is 4.90 Å². The van der Waals surface area contributed by atoms with Crippen molar-refractivity contribution in [2.24, 2.45) is 5.73 Å². The third-order valence-electron chi connectivity index (χ3n) is 4.41. The summed E-state index contributed by atoms with van der Waals surface area (Å²) >= 11 is 0. The van der Waals surface area contributed by atoms with Gasteiger partial charge in [-0.25, -0.2) is 0 Å². The molecule has 1 aliphatic heterocycles. The number of nitrogens with two attached hydrogens (primary N) is 1. The van der Waals surface area contributed by atoms with Crippen LogP contribution in [0.25, 0.3) is 0 Å². The van der Waals surface area contributed by atoms with Gasteiger partial charge >= 0.3 is 0 Å². The van der Waals surface area contributed by atoms with Crippen molar-refractivity contribution in [3.63, 3.8) is 0 Å². The number of piperidine rings is 1. The zero-order valence-electron chi connectivity index (χ0n) is 11.8. The third-order valence-corrected chi connectivity index (χ3v) is 4.41. The van der Waals surface area contributed by atoms with Crippen LogP contribution in [0.5, 0.6) is 0 Å². The molecular weight excluding hydrogens is 272 g/mol. The first-order valence-corrected chi connectivity index (χ1v) is 7.36. The van der Waals surface area contributed by atoms with Crippen molar-refractivity contribution in [2.45, 2.75) is 44.6 Å². The highest BCUT2D eigenvalue weighted by atomic mass is 35.5. The van der Waals surface area contributed by atoms with E-state index in [1.54, 1.807) is 0 Å². The molecule has 1 heterocycles. The van der Waals surface area contributed by atoms with Crippen LogP contribution in [0, 0.1) is 0 Å². The van der Waals surface area contributed by atoms with Crippen molar-refractivity contribution in [2.75, 3.05) is 13.1 Å². The Morgan fingerprint density at radius 2 is 1.90 bits per heavy atom. The van der Waals surface area contributed by atoms with Gasteiger partial charge in [0.1, 0.15) is 0 Å². The molecular formula is C16H23ClN2O. The molecule has 1 fully saturated rings. The molecule has 0 spiro atoms. The first-order valence-electron chi connectivity index (χ1n) is 7.36. The fourth-order valence-corrected chi connectivity index (χ4v) is 3.17. The van der Waals surface area contributed by atoms with Gasteiger partial charge in [0.2, 0.25) is 5.91 Å². The Labute approximate surface area is 126 Å². The first-order chi connectivity index (χ1) is 9.22. The molecule has 3 rings (SSSR count). The van der Waals surface area contributed by atoms with Crippen LogP contribution in [0.3, 0.4) is 0 Å². The van der Waals surface area contributed by atoms with E-state index in [2.05, 4.69) is 18.2 Å². The first kappa shape index (κ1) is 15.3. The molecule has 0 radical (unpaired) electrons. The van der Waals surface area contributed by atoms with Crippen molar-refractivity contribution in [3.8, 4) is 0 Å². The summed E-state index contributed by atoms with van der Waals surface area (Å²) in [5.41, 5.74) is 9.96. The number of benzene rings is 1. The molecule has 0 bridgehead atoms. The van der Waals surface area contributed by atoms with E-state index in [4.69, 9.17) is 5.73 Å². The number of aryl methyl sites for hydroxylation is 2. The number of carbonyl (C=O) groups is 1. The highest BCUT2D eigenvalue weighted by Gasteiger charge is 2.21. The van der Waals surface area contributed by atoms with Gasteiger partial charge < -0.3 is 10.6 Å². The maximum absolute atomic E-state index is 12.3. The van der Waals surface area contributed by atoms with Gasteiger partial charge in [0, 0.05) is 19.1 Å². The van der Waals surface area contributed by atoms with Crippen LogP contribution in [0.4, 0.5) is 0 Å². The summed E-state index contributed by atoms with van der Waals surface area (Å²) in [6.07, 6.45) is 6.06. The Hall–Kier alpha value is -1.06. The standard InChI is InChI=1S/C16H22N2O.ClH/c17-15-6-8-18(9-7-15)16(19)11-12-4-5-13-2-1-3-14(13)10-12;/h4-5,10,15H,1-3,6-9,11,17H2;1H. The fraction of sp³-hybridized carbons (Fsp3) is 0.562. The van der Waals surface area contributed by atoms with Crippen LogP contribution in [0.1, 0.15) is 36.0 Å². The molecule has 110 valence electrons. The van der Waals surface area contributed by atoms with Gasteiger partial charge in [-0.3, -0.25) is 4.79 Å². The van der Waals surface area contributed by atoms with Gasteiger partial charge in [0.25, 0.3) is 0 Å². The SMILES string of the molecule is Cl.NC1CCN(C(=O)Cc2ccc3c(c2)CCC3)CC1. The molecule has 3 nitrogen and oxygen atoms in total. The van der Waals surface area contributed by atoms with Crippen LogP contribution in [-0.2, 0) is 24.1 Å². The minimum absolute atomic E-state index is 0. The zero-order valence-corrected chi connectivity index (χ0v) is 12.6. The monoisotopic (exact) mass is 294 g/mol. The average Bonchev–Trinajstić information content (AvgIpc) is 2.87. The van der Waals surface area contributed by atoms with Gasteiger partial charge in [-0.1, -0.05) is 18.2 Å². The van der Waals surface area contributed by atoms with Crippen molar-refractivity contribution in [3.05, 3.63) is 34.9 Å². The minimum Gasteiger partial charge on any atom is -0.342 e. The normalized spacial score (nSPS) is 18.6. The number of rotatable bonds is 2. The maximum atomic E-state index is 12.3. The van der Waals surface area contributed by atoms with Crippen LogP contribution >= 0.6 is 12.4 Å². The Morgan fingerprint density at radius 3 is 2.65 bits per heavy atom. The summed E-state index contributed by atoms with van der Waals surface area (Å²) in [5, 5.41) is 0. The van der Waals surface area contributed by atoms with Crippen molar-refractivity contribution in [1.29, 1.82) is 0 Å². The van der Waals surface area contributed by atoms with E-state index in [1.807, 2.05) is 4.90 Å². The largest absolute Gasteiger partial charge is 0.342 e. The molecule has 0 aromatic heterocycles. The van der Waals surface area contributed by atoms with Crippen molar-refractivity contribution < 1.29 is 4.79 Å². The number of nitrogens with zero attached hydrogens (tertiary/aromatic N) is 1. The quantitative estimate of drug-likeness (QED) is 0.908. The summed E-state index contributed by atoms with van der Waals surface area (Å²) in [5.74, 6) is 0.254. The molecule has 0 atom stereocenters. The lowest BCUT2D eigenvalue weighted by Gasteiger charge is -2.30. The number of amides is 1. The lowest BCUT2D eigenvalue weighted by molar-refractivity contribution is -0.131. The Kier molecular flexibility index (Phi) is 5.06. The van der Waals surface area contributed by atoms with Gasteiger partial charge in [0.05, 0.1) is 6.42 Å². The number of likely N-dealkylation sites (tertiary alicyclic amines) is 1. The van der Waals surface area contributed by atoms with E-state index in [0.29, 0.717) is 6.42 Å². The van der Waals surface area contributed by atoms with Gasteiger partial charge in [0.15, 0.2) is 0 Å². The fourth-order valence-electron chi connectivity index (χ4n) is 3.17. The second-order valence-corrected chi connectivity index (χ2v) is 5.85. The predicted molar refractivity (Wildman–Crippen MR) is 83.2 cm³/mol. The molecule has 1 amide bonds. The Bertz CT molecular complexity index is 481. The summed E-state index contributed by atoms with van der Waals surface area (Å²) < 4.78 is 0. The lowest BCUT2D eigenvalue weighted by atomic mass is 10.0. The summed E-state index contributed by atoms with van der Waals surface area (Å²) in [4.78, 5) is 14.2. The van der Waals surface area contributed by atoms with Crippen LogP contribution in [0.2, 0.25) is 0 Å². The molecule has 1 aromatic carbocycles. The van der Waals surface area contributed by atoms with Gasteiger partial charge in [-0.15, -0.1) is 12.4 Å². The minimum atomic E-state index is 0. The number of fused-ring (bicyclic) bond motifs is 1. The van der Waals surface area contributed by atoms with E-state index in [0.717, 1.165) is 25.9 Å². The highest BCUT2D eigenvalue weighted by Crippen LogP contribution is 2.23. The van der Waals surface area contributed by atoms with E-state index in [1.165, 1.54) is 36.0 Å². The molecule has 20 heavy (non-hydrogen) atoms. The number of hydrogen-bond acceptors (Lipinski definition) is 2. The van der Waals surface area contributed by atoms with E-state index < -0.39 is 0 Å². The van der Waals surface area contributed by atoms with E-state index in [-0.39, 0.29) is 24.4 Å². The second-order valence-electron chi connectivity index (χ2n) is 5.85. The third kappa shape index (κ3) is 3.33. The molecule has 0 saturated carbocycles. The van der Waals surface area contributed by atoms with E-state index in [9.17, 15) is 4.79 Å². The summed E-state index contributed by atoms with van der Waals surface area (Å²) in [6, 6.07) is 6.84. The van der Waals surface area contributed by atoms with Gasteiger partial charge in [-0.05, 0) is 48.8 Å². The van der Waals surface area contributed by atoms with E-state index >= 15 is 0 Å². The Balaban J connectivity index is 0.00000147. The van der Waals surface area contributed by atoms with Gasteiger partial charge in [-0.2, -0.15) is 0 Å². The summed E-state index contributed by atoms with van der Waals surface area (Å²) in [7, 11) is 0. The number of halogens is 1. The molecule has 1 aliphatic carbocycles. The Morgan fingerprint density at radius 1 is 1.20 bits per heavy atom. The molecule has 1 saturated heterocycles. The molecule has 2 aliphatic rings. The molecule has 4 heteroatoms. The number of hydrogen-bond donors (Lipinski definition) is 1. The van der Waals surface area contributed by atoms with Crippen molar-refractivity contribution >= 4 is 18.3 Å². The molecule has 2 N–H and O–H groups in total. The highest BCUT2D eigenvalue weighted by molar-refractivity contribution is 5.85. The predicted octanol–water partition coefficient (Wildman–Crippen LogP) is 2.09. The smallest absolute Gasteiger partial charge is 0.226 e. The zero-order chi connectivity index (χ0) is 13.2. The maximum Gasteiger partial charge on any atom is 0.226 e. The summed E-state index contributed by atoms with van der Waals surface area (Å²) in [6.45, 7) is 1.65. The average molecular weight is 295 g/mol.